The number of H-pyrrole nitrogens is 1. The summed E-state index contributed by atoms with van der Waals surface area (Å²) in [7, 11) is 0. The molecule has 0 bridgehead atoms. The molecule has 6 nitrogen and oxygen atoms in total. The van der Waals surface area contributed by atoms with Gasteiger partial charge in [0.1, 0.15) is 11.6 Å². The fourth-order valence-corrected chi connectivity index (χ4v) is 2.52. The molecule has 0 aliphatic rings. The second kappa shape index (κ2) is 5.63. The Morgan fingerprint density at radius 1 is 1.14 bits per heavy atom. The van der Waals surface area contributed by atoms with E-state index in [9.17, 15) is 0 Å². The zero-order valence-corrected chi connectivity index (χ0v) is 13.1. The highest BCUT2D eigenvalue weighted by Gasteiger charge is 2.07. The van der Waals surface area contributed by atoms with E-state index < -0.39 is 0 Å². The number of nitrogen functional groups attached to an aromatic ring is 1. The van der Waals surface area contributed by atoms with Gasteiger partial charge in [0.15, 0.2) is 0 Å². The summed E-state index contributed by atoms with van der Waals surface area (Å²) in [4.78, 5) is 8.84. The number of fused-ring (bicyclic) bond motifs is 1. The highest BCUT2D eigenvalue weighted by atomic mass is 15.3. The maximum atomic E-state index is 5.49. The van der Waals surface area contributed by atoms with Crippen LogP contribution in [0.2, 0.25) is 0 Å². The molecule has 3 aromatic rings. The molecule has 0 unspecified atom stereocenters. The van der Waals surface area contributed by atoms with Crippen LogP contribution in [0.25, 0.3) is 10.9 Å². The van der Waals surface area contributed by atoms with E-state index in [0.717, 1.165) is 30.1 Å². The van der Waals surface area contributed by atoms with E-state index in [2.05, 4.69) is 59.5 Å². The van der Waals surface area contributed by atoms with Crippen molar-refractivity contribution in [2.24, 2.45) is 0 Å². The summed E-state index contributed by atoms with van der Waals surface area (Å²) in [5.41, 5.74) is 10.3. The topological polar surface area (TPSA) is 92.5 Å². The Morgan fingerprint density at radius 2 is 1.95 bits per heavy atom. The lowest BCUT2D eigenvalue weighted by molar-refractivity contribution is 0.898. The lowest BCUT2D eigenvalue weighted by atomic mass is 10.0. The minimum Gasteiger partial charge on any atom is -0.370 e. The van der Waals surface area contributed by atoms with Crippen molar-refractivity contribution in [3.8, 4) is 0 Å². The van der Waals surface area contributed by atoms with Gasteiger partial charge in [-0.2, -0.15) is 4.98 Å². The van der Waals surface area contributed by atoms with Gasteiger partial charge in [-0.25, -0.2) is 4.98 Å². The van der Waals surface area contributed by atoms with E-state index in [1.165, 1.54) is 22.1 Å². The van der Waals surface area contributed by atoms with Crippen LogP contribution in [-0.4, -0.2) is 26.7 Å². The lowest BCUT2D eigenvalue weighted by Crippen LogP contribution is -2.08. The Labute approximate surface area is 129 Å². The molecule has 114 valence electrons. The SMILES string of the molecule is Cc1ccc2c(C)cc(NCCc3nc(N)n[nH]3)nc2c1C. The minimum atomic E-state index is 0.278. The molecule has 2 heterocycles. The van der Waals surface area contributed by atoms with Crippen molar-refractivity contribution in [3.05, 3.63) is 40.7 Å². The molecule has 0 radical (unpaired) electrons. The first kappa shape index (κ1) is 14.3. The second-order valence-electron chi connectivity index (χ2n) is 5.55. The molecule has 0 aliphatic heterocycles. The molecule has 0 atom stereocenters. The molecule has 1 aromatic carbocycles. The van der Waals surface area contributed by atoms with Crippen LogP contribution in [0.1, 0.15) is 22.5 Å². The van der Waals surface area contributed by atoms with Crippen LogP contribution in [0.15, 0.2) is 18.2 Å². The number of anilines is 2. The van der Waals surface area contributed by atoms with E-state index >= 15 is 0 Å². The number of nitrogens with two attached hydrogens (primary N) is 1. The molecule has 0 fully saturated rings. The van der Waals surface area contributed by atoms with Crippen molar-refractivity contribution >= 4 is 22.7 Å². The Morgan fingerprint density at radius 3 is 2.68 bits per heavy atom. The number of rotatable bonds is 4. The quantitative estimate of drug-likeness (QED) is 0.688. The number of aromatic nitrogens is 4. The van der Waals surface area contributed by atoms with Gasteiger partial charge in [0.2, 0.25) is 5.95 Å². The van der Waals surface area contributed by atoms with Crippen molar-refractivity contribution in [3.63, 3.8) is 0 Å². The standard InChI is InChI=1S/C16H20N6/c1-9-4-5-12-10(2)8-14(19-15(12)11(9)3)18-7-6-13-20-16(17)22-21-13/h4-5,8H,6-7H2,1-3H3,(H,18,19)(H3,17,20,21,22). The van der Waals surface area contributed by atoms with Crippen LogP contribution >= 0.6 is 0 Å². The number of aryl methyl sites for hydroxylation is 3. The predicted octanol–water partition coefficient (Wildman–Crippen LogP) is 2.51. The monoisotopic (exact) mass is 296 g/mol. The summed E-state index contributed by atoms with van der Waals surface area (Å²) >= 11 is 0. The number of nitrogens with zero attached hydrogens (tertiary/aromatic N) is 3. The first-order valence-corrected chi connectivity index (χ1v) is 7.33. The van der Waals surface area contributed by atoms with Gasteiger partial charge in [0.05, 0.1) is 5.52 Å². The first-order valence-electron chi connectivity index (χ1n) is 7.33. The van der Waals surface area contributed by atoms with E-state index in [4.69, 9.17) is 10.7 Å². The number of hydrogen-bond donors (Lipinski definition) is 3. The Kier molecular flexibility index (Phi) is 3.66. The summed E-state index contributed by atoms with van der Waals surface area (Å²) in [6, 6.07) is 6.36. The van der Waals surface area contributed by atoms with Crippen LogP contribution in [0.3, 0.4) is 0 Å². The maximum Gasteiger partial charge on any atom is 0.239 e. The summed E-state index contributed by atoms with van der Waals surface area (Å²) in [6.07, 6.45) is 0.718. The van der Waals surface area contributed by atoms with Gasteiger partial charge in [0.25, 0.3) is 0 Å². The second-order valence-corrected chi connectivity index (χ2v) is 5.55. The Hall–Kier alpha value is -2.63. The summed E-state index contributed by atoms with van der Waals surface area (Å²) in [5, 5.41) is 11.2. The number of aromatic amines is 1. The minimum absolute atomic E-state index is 0.278. The fourth-order valence-electron chi connectivity index (χ4n) is 2.52. The third-order valence-corrected chi connectivity index (χ3v) is 3.93. The summed E-state index contributed by atoms with van der Waals surface area (Å²) in [6.45, 7) is 7.06. The van der Waals surface area contributed by atoms with Gasteiger partial charge in [-0.1, -0.05) is 12.1 Å². The van der Waals surface area contributed by atoms with Crippen LogP contribution in [0.5, 0.6) is 0 Å². The summed E-state index contributed by atoms with van der Waals surface area (Å²) in [5.74, 6) is 1.93. The molecule has 6 heteroatoms. The predicted molar refractivity (Wildman–Crippen MR) is 88.9 cm³/mol. The molecule has 0 spiro atoms. The van der Waals surface area contributed by atoms with E-state index in [1.54, 1.807) is 0 Å². The van der Waals surface area contributed by atoms with Crippen molar-refractivity contribution < 1.29 is 0 Å². The highest BCUT2D eigenvalue weighted by molar-refractivity contribution is 5.87. The van der Waals surface area contributed by atoms with E-state index in [0.29, 0.717) is 0 Å². The van der Waals surface area contributed by atoms with Gasteiger partial charge in [-0.15, -0.1) is 5.10 Å². The van der Waals surface area contributed by atoms with Gasteiger partial charge in [-0.3, -0.25) is 5.10 Å². The number of benzene rings is 1. The molecule has 3 rings (SSSR count). The van der Waals surface area contributed by atoms with Gasteiger partial charge in [-0.05, 0) is 43.5 Å². The van der Waals surface area contributed by atoms with Crippen molar-refractivity contribution in [2.45, 2.75) is 27.2 Å². The molecule has 22 heavy (non-hydrogen) atoms. The zero-order chi connectivity index (χ0) is 15.7. The smallest absolute Gasteiger partial charge is 0.239 e. The van der Waals surface area contributed by atoms with E-state index in [-0.39, 0.29) is 5.95 Å². The summed E-state index contributed by atoms with van der Waals surface area (Å²) < 4.78 is 0. The highest BCUT2D eigenvalue weighted by Crippen LogP contribution is 2.25. The number of pyridine rings is 1. The van der Waals surface area contributed by atoms with Crippen molar-refractivity contribution in [2.75, 3.05) is 17.6 Å². The van der Waals surface area contributed by atoms with E-state index in [1.807, 2.05) is 0 Å². The van der Waals surface area contributed by atoms with Crippen molar-refractivity contribution in [1.29, 1.82) is 0 Å². The Balaban J connectivity index is 1.80. The molecule has 0 saturated heterocycles. The molecule has 0 amide bonds. The van der Waals surface area contributed by atoms with Crippen LogP contribution in [-0.2, 0) is 6.42 Å². The third-order valence-electron chi connectivity index (χ3n) is 3.93. The Bertz CT molecular complexity index is 821. The third kappa shape index (κ3) is 2.72. The average Bonchev–Trinajstić information content (AvgIpc) is 2.89. The van der Waals surface area contributed by atoms with Crippen LogP contribution < -0.4 is 11.1 Å². The fraction of sp³-hybridized carbons (Fsp3) is 0.312. The molecule has 0 saturated carbocycles. The first-order chi connectivity index (χ1) is 10.5. The average molecular weight is 296 g/mol. The number of nitrogens with one attached hydrogen (secondary N) is 2. The number of hydrogen-bond acceptors (Lipinski definition) is 5. The lowest BCUT2D eigenvalue weighted by Gasteiger charge is -2.11. The molecular weight excluding hydrogens is 276 g/mol. The molecular formula is C16H20N6. The molecule has 4 N–H and O–H groups in total. The molecule has 2 aromatic heterocycles. The molecule has 0 aliphatic carbocycles. The zero-order valence-electron chi connectivity index (χ0n) is 13.1. The maximum absolute atomic E-state index is 5.49. The van der Waals surface area contributed by atoms with Crippen molar-refractivity contribution in [1.82, 2.24) is 20.2 Å². The van der Waals surface area contributed by atoms with Gasteiger partial charge in [0, 0.05) is 18.4 Å². The van der Waals surface area contributed by atoms with Gasteiger partial charge < -0.3 is 11.1 Å². The van der Waals surface area contributed by atoms with Crippen LogP contribution in [0, 0.1) is 20.8 Å². The van der Waals surface area contributed by atoms with Crippen LogP contribution in [0.4, 0.5) is 11.8 Å². The normalized spacial score (nSPS) is 11.0. The van der Waals surface area contributed by atoms with Gasteiger partial charge >= 0.3 is 0 Å². The largest absolute Gasteiger partial charge is 0.370 e.